The van der Waals surface area contributed by atoms with Crippen molar-refractivity contribution in [2.75, 3.05) is 7.11 Å². The van der Waals surface area contributed by atoms with Gasteiger partial charge in [-0.3, -0.25) is 4.79 Å². The maximum Gasteiger partial charge on any atom is 0.350 e. The lowest BCUT2D eigenvalue weighted by Gasteiger charge is -2.06. The lowest BCUT2D eigenvalue weighted by molar-refractivity contribution is -0.122. The first-order chi connectivity index (χ1) is 16.4. The largest absolute Gasteiger partial charge is 0.497 e. The van der Waals surface area contributed by atoms with Crippen LogP contribution in [0.4, 0.5) is 0 Å². The van der Waals surface area contributed by atoms with Gasteiger partial charge in [0.2, 0.25) is 5.91 Å². The van der Waals surface area contributed by atoms with Crippen molar-refractivity contribution in [1.29, 1.82) is 0 Å². The van der Waals surface area contributed by atoms with Crippen molar-refractivity contribution in [3.8, 4) is 17.0 Å². The molecule has 5 rings (SSSR count). The molecule has 0 aliphatic heterocycles. The Morgan fingerprint density at radius 2 is 1.91 bits per heavy atom. The van der Waals surface area contributed by atoms with Crippen LogP contribution in [-0.2, 0) is 17.9 Å². The third-order valence-electron chi connectivity index (χ3n) is 5.78. The summed E-state index contributed by atoms with van der Waals surface area (Å²) in [7, 11) is 1.59. The molecule has 0 bridgehead atoms. The van der Waals surface area contributed by atoms with E-state index in [0.717, 1.165) is 27.9 Å². The zero-order valence-corrected chi connectivity index (χ0v) is 19.1. The molecule has 0 radical (unpaired) electrons. The maximum absolute atomic E-state index is 12.9. The van der Waals surface area contributed by atoms with Gasteiger partial charge in [-0.15, -0.1) is 5.10 Å². The van der Waals surface area contributed by atoms with E-state index in [9.17, 15) is 9.59 Å². The van der Waals surface area contributed by atoms with Crippen LogP contribution in [0.2, 0.25) is 0 Å². The van der Waals surface area contributed by atoms with E-state index in [4.69, 9.17) is 4.74 Å². The van der Waals surface area contributed by atoms with Gasteiger partial charge < -0.3 is 10.1 Å². The number of carbonyl (C=O) groups excluding carboxylic acids is 1. The molecule has 3 heterocycles. The first kappa shape index (κ1) is 21.4. The van der Waals surface area contributed by atoms with Crippen molar-refractivity contribution in [3.05, 3.63) is 88.1 Å². The van der Waals surface area contributed by atoms with Crippen LogP contribution in [0.5, 0.6) is 5.75 Å². The van der Waals surface area contributed by atoms with E-state index >= 15 is 0 Å². The molecule has 9 nitrogen and oxygen atoms in total. The van der Waals surface area contributed by atoms with E-state index in [0.29, 0.717) is 23.5 Å². The number of hydrogen-bond donors (Lipinski definition) is 1. The van der Waals surface area contributed by atoms with Crippen molar-refractivity contribution in [2.45, 2.75) is 26.9 Å². The number of nitrogens with zero attached hydrogens (tertiary/aromatic N) is 5. The summed E-state index contributed by atoms with van der Waals surface area (Å²) in [6.45, 7) is 4.22. The summed E-state index contributed by atoms with van der Waals surface area (Å²) in [6, 6.07) is 15.6. The quantitative estimate of drug-likeness (QED) is 0.424. The van der Waals surface area contributed by atoms with E-state index in [1.54, 1.807) is 24.0 Å². The number of aromatic nitrogens is 5. The van der Waals surface area contributed by atoms with Gasteiger partial charge in [-0.1, -0.05) is 29.8 Å². The Morgan fingerprint density at radius 3 is 2.74 bits per heavy atom. The van der Waals surface area contributed by atoms with Gasteiger partial charge in [0.15, 0.2) is 5.65 Å². The first-order valence-corrected chi connectivity index (χ1v) is 10.9. The van der Waals surface area contributed by atoms with Gasteiger partial charge in [0, 0.05) is 24.5 Å². The van der Waals surface area contributed by atoms with Crippen LogP contribution in [0.3, 0.4) is 0 Å². The number of hydrogen-bond acceptors (Lipinski definition) is 5. The number of carbonyl (C=O) groups is 1. The molecule has 0 aliphatic rings. The molecule has 5 aromatic rings. The summed E-state index contributed by atoms with van der Waals surface area (Å²) >= 11 is 0. The molecule has 34 heavy (non-hydrogen) atoms. The highest BCUT2D eigenvalue weighted by Gasteiger charge is 2.16. The summed E-state index contributed by atoms with van der Waals surface area (Å²) in [5.41, 5.74) is 5.72. The monoisotopic (exact) mass is 456 g/mol. The molecule has 2 aromatic carbocycles. The molecule has 0 unspecified atom stereocenters. The number of methoxy groups -OCH3 is 1. The number of ether oxygens (including phenoxy) is 1. The number of benzene rings is 2. The Hall–Kier alpha value is -4.40. The highest BCUT2D eigenvalue weighted by Crippen LogP contribution is 2.25. The Labute approximate surface area is 195 Å². The Kier molecular flexibility index (Phi) is 5.37. The number of amides is 1. The molecule has 0 fully saturated rings. The lowest BCUT2D eigenvalue weighted by atomic mass is 10.0. The summed E-state index contributed by atoms with van der Waals surface area (Å²) in [4.78, 5) is 25.4. The standard InChI is InChI=1S/C25H24N6O3/c1-16-7-8-17(2)20(11-16)21-13-22-24-28-31(25(33)29(24)9-10-30(22)27-21)15-23(32)26-14-18-5-4-6-19(12-18)34-3/h4-13H,14-15H2,1-3H3,(H,26,32). The molecule has 0 aliphatic carbocycles. The number of fused-ring (bicyclic) bond motifs is 3. The molecule has 1 amide bonds. The fourth-order valence-corrected chi connectivity index (χ4v) is 3.96. The smallest absolute Gasteiger partial charge is 0.350 e. The van der Waals surface area contributed by atoms with Crippen LogP contribution in [-0.4, -0.2) is 36.8 Å². The van der Waals surface area contributed by atoms with Crippen molar-refractivity contribution in [3.63, 3.8) is 0 Å². The predicted molar refractivity (Wildman–Crippen MR) is 128 cm³/mol. The topological polar surface area (TPSA) is 94.9 Å². The highest BCUT2D eigenvalue weighted by molar-refractivity contribution is 5.78. The Morgan fingerprint density at radius 1 is 1.06 bits per heavy atom. The number of aryl methyl sites for hydroxylation is 2. The zero-order valence-electron chi connectivity index (χ0n) is 19.1. The average molecular weight is 457 g/mol. The summed E-state index contributed by atoms with van der Waals surface area (Å²) < 4.78 is 9.50. The van der Waals surface area contributed by atoms with E-state index in [-0.39, 0.29) is 18.1 Å². The number of nitrogens with one attached hydrogen (secondary N) is 1. The highest BCUT2D eigenvalue weighted by atomic mass is 16.5. The van der Waals surface area contributed by atoms with Gasteiger partial charge in [0.25, 0.3) is 0 Å². The minimum Gasteiger partial charge on any atom is -0.497 e. The van der Waals surface area contributed by atoms with Crippen molar-refractivity contribution < 1.29 is 9.53 Å². The SMILES string of the molecule is COc1cccc(CNC(=O)Cn2nc3c4cc(-c5cc(C)ccc5C)nn4ccn3c2=O)c1. The van der Waals surface area contributed by atoms with Crippen molar-refractivity contribution in [2.24, 2.45) is 0 Å². The fourth-order valence-electron chi connectivity index (χ4n) is 3.96. The molecule has 0 spiro atoms. The summed E-state index contributed by atoms with van der Waals surface area (Å²) in [6.07, 6.45) is 3.33. The molecule has 0 atom stereocenters. The van der Waals surface area contributed by atoms with Crippen molar-refractivity contribution in [1.82, 2.24) is 29.1 Å². The fraction of sp³-hybridized carbons (Fsp3) is 0.200. The van der Waals surface area contributed by atoms with Gasteiger partial charge in [0.1, 0.15) is 17.8 Å². The first-order valence-electron chi connectivity index (χ1n) is 10.9. The van der Waals surface area contributed by atoms with E-state index < -0.39 is 0 Å². The van der Waals surface area contributed by atoms with Crippen LogP contribution >= 0.6 is 0 Å². The second-order valence-corrected chi connectivity index (χ2v) is 8.24. The van der Waals surface area contributed by atoms with Crippen LogP contribution in [0.15, 0.2) is 65.7 Å². The second-order valence-electron chi connectivity index (χ2n) is 8.24. The second kappa shape index (κ2) is 8.51. The maximum atomic E-state index is 12.9. The molecular weight excluding hydrogens is 432 g/mol. The molecular formula is C25H24N6O3. The number of rotatable bonds is 6. The van der Waals surface area contributed by atoms with E-state index in [1.165, 1.54) is 9.08 Å². The van der Waals surface area contributed by atoms with Crippen LogP contribution in [0.25, 0.3) is 22.4 Å². The predicted octanol–water partition coefficient (Wildman–Crippen LogP) is 2.75. The summed E-state index contributed by atoms with van der Waals surface area (Å²) in [5.74, 6) is 0.405. The van der Waals surface area contributed by atoms with Gasteiger partial charge in [0.05, 0.1) is 12.8 Å². The minimum atomic E-state index is -0.386. The molecule has 3 aromatic heterocycles. The third kappa shape index (κ3) is 3.92. The Bertz CT molecular complexity index is 1590. The zero-order chi connectivity index (χ0) is 23.8. The minimum absolute atomic E-state index is 0.186. The molecule has 0 saturated carbocycles. The van der Waals surface area contributed by atoms with Crippen molar-refractivity contribution >= 4 is 17.1 Å². The van der Waals surface area contributed by atoms with E-state index in [2.05, 4.69) is 33.7 Å². The Balaban J connectivity index is 1.42. The van der Waals surface area contributed by atoms with Crippen LogP contribution in [0.1, 0.15) is 16.7 Å². The van der Waals surface area contributed by atoms with Gasteiger partial charge in [-0.25, -0.2) is 18.4 Å². The molecule has 9 heteroatoms. The molecule has 172 valence electrons. The van der Waals surface area contributed by atoms with Gasteiger partial charge in [-0.2, -0.15) is 5.10 Å². The molecule has 1 N–H and O–H groups in total. The van der Waals surface area contributed by atoms with Crippen LogP contribution in [0, 0.1) is 13.8 Å². The summed E-state index contributed by atoms with van der Waals surface area (Å²) in [5, 5.41) is 11.9. The van der Waals surface area contributed by atoms with Gasteiger partial charge >= 0.3 is 5.69 Å². The third-order valence-corrected chi connectivity index (χ3v) is 5.78. The normalized spacial score (nSPS) is 11.3. The lowest BCUT2D eigenvalue weighted by Crippen LogP contribution is -2.32. The average Bonchev–Trinajstić information content (AvgIpc) is 3.41. The van der Waals surface area contributed by atoms with Crippen LogP contribution < -0.4 is 15.7 Å². The molecule has 0 saturated heterocycles. The van der Waals surface area contributed by atoms with Gasteiger partial charge in [-0.05, 0) is 49.2 Å². The van der Waals surface area contributed by atoms with E-state index in [1.807, 2.05) is 44.2 Å².